The number of rotatable bonds is 5. The lowest BCUT2D eigenvalue weighted by Gasteiger charge is -2.28. The Hall–Kier alpha value is -2.67. The molecule has 174 valence electrons. The van der Waals surface area contributed by atoms with E-state index < -0.39 is 6.04 Å². The molecule has 1 aliphatic rings. The summed E-state index contributed by atoms with van der Waals surface area (Å²) in [5, 5.41) is 7.27. The molecule has 0 bridgehead atoms. The third-order valence-electron chi connectivity index (χ3n) is 6.22. The zero-order chi connectivity index (χ0) is 22.8. The fraction of sp³-hybridized carbons (Fsp3) is 0.320. The number of anilines is 1. The zero-order valence-corrected chi connectivity index (χ0v) is 20.5. The van der Waals surface area contributed by atoms with Crippen LogP contribution in [0.2, 0.25) is 5.15 Å². The molecule has 0 saturated heterocycles. The minimum atomic E-state index is -0.602. The van der Waals surface area contributed by atoms with E-state index in [0.717, 1.165) is 33.3 Å². The topological polar surface area (TPSA) is 74.3 Å². The van der Waals surface area contributed by atoms with Gasteiger partial charge in [0.05, 0.1) is 18.1 Å². The molecular formula is C25H28Cl2N4O2. The van der Waals surface area contributed by atoms with Gasteiger partial charge in [0.25, 0.3) is 0 Å². The van der Waals surface area contributed by atoms with Gasteiger partial charge in [-0.1, -0.05) is 48.0 Å². The number of hydrogen-bond donors (Lipinski definition) is 2. The average Bonchev–Trinajstić information content (AvgIpc) is 2.93. The number of fused-ring (bicyclic) bond motifs is 2. The molecule has 0 saturated carbocycles. The van der Waals surface area contributed by atoms with E-state index in [4.69, 9.17) is 11.6 Å². The van der Waals surface area contributed by atoms with Crippen molar-refractivity contribution in [2.24, 2.45) is 0 Å². The molecule has 6 nitrogen and oxygen atoms in total. The van der Waals surface area contributed by atoms with Gasteiger partial charge in [-0.05, 0) is 62.6 Å². The summed E-state index contributed by atoms with van der Waals surface area (Å²) in [6, 6.07) is 14.7. The quantitative estimate of drug-likeness (QED) is 0.530. The Kier molecular flexibility index (Phi) is 7.95. The van der Waals surface area contributed by atoms with Crippen LogP contribution in [-0.2, 0) is 22.6 Å². The van der Waals surface area contributed by atoms with Gasteiger partial charge in [-0.3, -0.25) is 9.59 Å². The summed E-state index contributed by atoms with van der Waals surface area (Å²) in [4.78, 5) is 32.5. The Morgan fingerprint density at radius 1 is 1.21 bits per heavy atom. The van der Waals surface area contributed by atoms with Gasteiger partial charge in [-0.15, -0.1) is 12.4 Å². The lowest BCUT2D eigenvalue weighted by Crippen LogP contribution is -2.52. The van der Waals surface area contributed by atoms with Gasteiger partial charge in [-0.2, -0.15) is 0 Å². The highest BCUT2D eigenvalue weighted by atomic mass is 35.5. The van der Waals surface area contributed by atoms with Crippen molar-refractivity contribution in [2.75, 3.05) is 11.9 Å². The highest BCUT2D eigenvalue weighted by Gasteiger charge is 2.32. The molecule has 0 radical (unpaired) electrons. The number of hydrogen-bond acceptors (Lipinski definition) is 4. The number of nitrogens with one attached hydrogen (secondary N) is 2. The predicted octanol–water partition coefficient (Wildman–Crippen LogP) is 4.19. The summed E-state index contributed by atoms with van der Waals surface area (Å²) in [5.41, 5.74) is 4.55. The fourth-order valence-corrected chi connectivity index (χ4v) is 4.35. The van der Waals surface area contributed by atoms with Crippen LogP contribution in [-0.4, -0.2) is 35.9 Å². The first-order valence-corrected chi connectivity index (χ1v) is 11.2. The molecule has 0 aliphatic carbocycles. The first kappa shape index (κ1) is 25.0. The molecule has 0 spiro atoms. The summed E-state index contributed by atoms with van der Waals surface area (Å²) in [5.74, 6) is -0.312. The van der Waals surface area contributed by atoms with Crippen molar-refractivity contribution < 1.29 is 9.59 Å². The maximum atomic E-state index is 13.7. The Balaban J connectivity index is 0.00000306. The van der Waals surface area contributed by atoms with E-state index in [9.17, 15) is 9.59 Å². The SMILES string of the molecule is CN[C@@H](C)C(=O)N[C@H]1CCc2ccccc2N(Cc2c(C)c(Cl)nc3ccccc23)C1=O.Cl. The minimum absolute atomic E-state index is 0. The maximum Gasteiger partial charge on any atom is 0.249 e. The van der Waals surface area contributed by atoms with E-state index in [1.54, 1.807) is 18.9 Å². The second kappa shape index (κ2) is 10.5. The van der Waals surface area contributed by atoms with E-state index in [1.807, 2.05) is 55.5 Å². The van der Waals surface area contributed by atoms with E-state index in [0.29, 0.717) is 24.5 Å². The number of halogens is 2. The first-order chi connectivity index (χ1) is 15.4. The van der Waals surface area contributed by atoms with Crippen molar-refractivity contribution >= 4 is 52.4 Å². The monoisotopic (exact) mass is 486 g/mol. The number of aryl methyl sites for hydroxylation is 1. The van der Waals surface area contributed by atoms with Crippen molar-refractivity contribution in [3.05, 3.63) is 70.4 Å². The van der Waals surface area contributed by atoms with Crippen LogP contribution < -0.4 is 15.5 Å². The molecule has 2 N–H and O–H groups in total. The Bertz CT molecular complexity index is 1180. The zero-order valence-electron chi connectivity index (χ0n) is 18.9. The van der Waals surface area contributed by atoms with Crippen molar-refractivity contribution in [2.45, 2.75) is 45.3 Å². The molecular weight excluding hydrogens is 459 g/mol. The molecule has 2 amide bonds. The fourth-order valence-electron chi connectivity index (χ4n) is 4.14. The molecule has 2 atom stereocenters. The molecule has 33 heavy (non-hydrogen) atoms. The minimum Gasteiger partial charge on any atom is -0.343 e. The highest BCUT2D eigenvalue weighted by Crippen LogP contribution is 2.32. The van der Waals surface area contributed by atoms with Gasteiger partial charge >= 0.3 is 0 Å². The first-order valence-electron chi connectivity index (χ1n) is 10.8. The maximum absolute atomic E-state index is 13.7. The van der Waals surface area contributed by atoms with Crippen LogP contribution >= 0.6 is 24.0 Å². The smallest absolute Gasteiger partial charge is 0.249 e. The van der Waals surface area contributed by atoms with Gasteiger partial charge < -0.3 is 15.5 Å². The number of para-hydroxylation sites is 2. The van der Waals surface area contributed by atoms with E-state index in [2.05, 4.69) is 15.6 Å². The molecule has 2 heterocycles. The van der Waals surface area contributed by atoms with Crippen LogP contribution in [0.4, 0.5) is 5.69 Å². The highest BCUT2D eigenvalue weighted by molar-refractivity contribution is 6.30. The third kappa shape index (κ3) is 4.98. The van der Waals surface area contributed by atoms with Crippen molar-refractivity contribution in [3.63, 3.8) is 0 Å². The summed E-state index contributed by atoms with van der Waals surface area (Å²) in [6.07, 6.45) is 1.25. The lowest BCUT2D eigenvalue weighted by molar-refractivity contribution is -0.128. The van der Waals surface area contributed by atoms with Crippen molar-refractivity contribution in [3.8, 4) is 0 Å². The van der Waals surface area contributed by atoms with E-state index in [1.165, 1.54) is 0 Å². The van der Waals surface area contributed by atoms with Crippen molar-refractivity contribution in [1.82, 2.24) is 15.6 Å². The lowest BCUT2D eigenvalue weighted by atomic mass is 10.0. The van der Waals surface area contributed by atoms with Gasteiger partial charge in [0.15, 0.2) is 0 Å². The largest absolute Gasteiger partial charge is 0.343 e. The molecule has 8 heteroatoms. The molecule has 2 aromatic carbocycles. The predicted molar refractivity (Wildman–Crippen MR) is 135 cm³/mol. The van der Waals surface area contributed by atoms with Gasteiger partial charge in [-0.25, -0.2) is 4.98 Å². The summed E-state index contributed by atoms with van der Waals surface area (Å²) in [6.45, 7) is 4.05. The van der Waals surface area contributed by atoms with Crippen LogP contribution in [0, 0.1) is 6.92 Å². The molecule has 0 fully saturated rings. The van der Waals surface area contributed by atoms with E-state index >= 15 is 0 Å². The van der Waals surface area contributed by atoms with Crippen LogP contribution in [0.3, 0.4) is 0 Å². The molecule has 0 unspecified atom stereocenters. The summed E-state index contributed by atoms with van der Waals surface area (Å²) < 4.78 is 0. The second-order valence-corrected chi connectivity index (χ2v) is 8.54. The Morgan fingerprint density at radius 2 is 1.91 bits per heavy atom. The van der Waals surface area contributed by atoms with Crippen LogP contribution in [0.15, 0.2) is 48.5 Å². The van der Waals surface area contributed by atoms with Gasteiger partial charge in [0.1, 0.15) is 11.2 Å². The van der Waals surface area contributed by atoms with Crippen LogP contribution in [0.5, 0.6) is 0 Å². The third-order valence-corrected chi connectivity index (χ3v) is 6.59. The standard InChI is InChI=1S/C25H27ClN4O2.ClH/c1-15-19(18-9-5-6-10-20(18)28-23(15)26)14-30-22-11-7-4-8-17(22)12-13-21(25(30)32)29-24(31)16(2)27-3;/h4-11,16,21,27H,12-14H2,1-3H3,(H,29,31);1H/t16-,21-;/m0./s1. The number of nitrogens with zero attached hydrogens (tertiary/aromatic N) is 2. The van der Waals surface area contributed by atoms with Crippen LogP contribution in [0.1, 0.15) is 30.0 Å². The normalized spacial score (nSPS) is 16.5. The number of amides is 2. The molecule has 1 aliphatic heterocycles. The number of pyridine rings is 1. The van der Waals surface area contributed by atoms with E-state index in [-0.39, 0.29) is 30.3 Å². The number of carbonyl (C=O) groups is 2. The second-order valence-electron chi connectivity index (χ2n) is 8.19. The van der Waals surface area contributed by atoms with Gasteiger partial charge in [0.2, 0.25) is 11.8 Å². The Labute approximate surface area is 205 Å². The molecule has 3 aromatic rings. The number of likely N-dealkylation sites (N-methyl/N-ethyl adjacent to an activating group) is 1. The average molecular weight is 487 g/mol. The number of benzene rings is 2. The summed E-state index contributed by atoms with van der Waals surface area (Å²) in [7, 11) is 1.72. The van der Waals surface area contributed by atoms with Gasteiger partial charge in [0, 0.05) is 11.1 Å². The Morgan fingerprint density at radius 3 is 2.67 bits per heavy atom. The molecule has 1 aromatic heterocycles. The van der Waals surface area contributed by atoms with Crippen LogP contribution in [0.25, 0.3) is 10.9 Å². The summed E-state index contributed by atoms with van der Waals surface area (Å²) >= 11 is 6.45. The van der Waals surface area contributed by atoms with Crippen molar-refractivity contribution in [1.29, 1.82) is 0 Å². The molecule has 4 rings (SSSR count). The number of carbonyl (C=O) groups excluding carboxylic acids is 2. The number of aromatic nitrogens is 1.